The maximum absolute atomic E-state index is 8.65. The topological polar surface area (TPSA) is 49.6 Å². The van der Waals surface area contributed by atoms with Crippen LogP contribution >= 0.6 is 11.3 Å². The summed E-state index contributed by atoms with van der Waals surface area (Å²) in [5, 5.41) is 8.65. The van der Waals surface area contributed by atoms with E-state index >= 15 is 0 Å². The third kappa shape index (κ3) is 2.03. The average Bonchev–Trinajstić information content (AvgIpc) is 2.63. The second-order valence-corrected chi connectivity index (χ2v) is 4.26. The molecule has 2 heterocycles. The quantitative estimate of drug-likeness (QED) is 0.773. The molecule has 0 fully saturated rings. The van der Waals surface area contributed by atoms with Gasteiger partial charge in [0, 0.05) is 17.3 Å². The lowest BCUT2D eigenvalue weighted by Gasteiger charge is -1.91. The van der Waals surface area contributed by atoms with Crippen molar-refractivity contribution in [3.05, 3.63) is 35.0 Å². The van der Waals surface area contributed by atoms with Gasteiger partial charge in [0.2, 0.25) is 0 Å². The Labute approximate surface area is 92.1 Å². The first kappa shape index (κ1) is 9.81. The van der Waals surface area contributed by atoms with Crippen LogP contribution in [0.1, 0.15) is 10.4 Å². The summed E-state index contributed by atoms with van der Waals surface area (Å²) in [6.45, 7) is 2.01. The minimum Gasteiger partial charge on any atom is -0.236 e. The van der Waals surface area contributed by atoms with Gasteiger partial charge < -0.3 is 0 Å². The molecule has 0 aromatic carbocycles. The molecule has 0 aliphatic rings. The standard InChI is InChI=1S/C11H9N3S/c1-8-7-10(15-9(8)3-4-12)11-13-5-2-6-14-11/h2,5-7H,3H2,1H3. The molecule has 3 nitrogen and oxygen atoms in total. The second kappa shape index (κ2) is 4.20. The highest BCUT2D eigenvalue weighted by Gasteiger charge is 2.08. The number of aromatic nitrogens is 2. The van der Waals surface area contributed by atoms with Gasteiger partial charge in [0.1, 0.15) is 0 Å². The van der Waals surface area contributed by atoms with Crippen molar-refractivity contribution in [1.82, 2.24) is 9.97 Å². The van der Waals surface area contributed by atoms with Crippen LogP contribution in [0.2, 0.25) is 0 Å². The Bertz CT molecular complexity index is 496. The van der Waals surface area contributed by atoms with Crippen molar-refractivity contribution in [3.8, 4) is 16.8 Å². The summed E-state index contributed by atoms with van der Waals surface area (Å²) in [4.78, 5) is 10.5. The Morgan fingerprint density at radius 3 is 2.80 bits per heavy atom. The van der Waals surface area contributed by atoms with Gasteiger partial charge in [-0.1, -0.05) is 0 Å². The summed E-state index contributed by atoms with van der Waals surface area (Å²) in [6.07, 6.45) is 3.91. The van der Waals surface area contributed by atoms with Crippen molar-refractivity contribution in [1.29, 1.82) is 5.26 Å². The van der Waals surface area contributed by atoms with Crippen LogP contribution in [0.4, 0.5) is 0 Å². The molecule has 0 N–H and O–H groups in total. The van der Waals surface area contributed by atoms with E-state index in [1.807, 2.05) is 13.0 Å². The summed E-state index contributed by atoms with van der Waals surface area (Å²) >= 11 is 1.59. The molecular weight excluding hydrogens is 206 g/mol. The number of nitriles is 1. The Morgan fingerprint density at radius 1 is 1.40 bits per heavy atom. The number of thiophene rings is 1. The summed E-state index contributed by atoms with van der Waals surface area (Å²) in [5.74, 6) is 0.731. The van der Waals surface area contributed by atoms with E-state index in [1.165, 1.54) is 0 Å². The van der Waals surface area contributed by atoms with Gasteiger partial charge in [-0.25, -0.2) is 9.97 Å². The normalized spacial score (nSPS) is 9.87. The minimum atomic E-state index is 0.462. The smallest absolute Gasteiger partial charge is 0.169 e. The molecule has 0 unspecified atom stereocenters. The minimum absolute atomic E-state index is 0.462. The van der Waals surface area contributed by atoms with Crippen LogP contribution in [0.5, 0.6) is 0 Å². The zero-order valence-corrected chi connectivity index (χ0v) is 9.08. The molecular formula is C11H9N3S. The van der Waals surface area contributed by atoms with E-state index in [0.29, 0.717) is 6.42 Å². The number of nitrogens with zero attached hydrogens (tertiary/aromatic N) is 3. The van der Waals surface area contributed by atoms with Gasteiger partial charge in [0.05, 0.1) is 17.4 Å². The number of hydrogen-bond donors (Lipinski definition) is 0. The first-order chi connectivity index (χ1) is 7.31. The predicted molar refractivity (Wildman–Crippen MR) is 59.4 cm³/mol. The number of aryl methyl sites for hydroxylation is 1. The van der Waals surface area contributed by atoms with Gasteiger partial charge in [-0.15, -0.1) is 11.3 Å². The fraction of sp³-hybridized carbons (Fsp3) is 0.182. The third-order valence-electron chi connectivity index (χ3n) is 2.05. The lowest BCUT2D eigenvalue weighted by atomic mass is 10.2. The van der Waals surface area contributed by atoms with Gasteiger partial charge in [-0.3, -0.25) is 0 Å². The number of hydrogen-bond acceptors (Lipinski definition) is 4. The maximum Gasteiger partial charge on any atom is 0.169 e. The highest BCUT2D eigenvalue weighted by atomic mass is 32.1. The zero-order chi connectivity index (χ0) is 10.7. The summed E-state index contributed by atoms with van der Waals surface area (Å²) < 4.78 is 0. The van der Waals surface area contributed by atoms with Crippen molar-refractivity contribution in [2.24, 2.45) is 0 Å². The van der Waals surface area contributed by atoms with Gasteiger partial charge in [-0.2, -0.15) is 5.26 Å². The van der Waals surface area contributed by atoms with Crippen LogP contribution in [-0.2, 0) is 6.42 Å². The van der Waals surface area contributed by atoms with Crippen molar-refractivity contribution in [3.63, 3.8) is 0 Å². The molecule has 0 spiro atoms. The Hall–Kier alpha value is -1.73. The van der Waals surface area contributed by atoms with E-state index < -0.39 is 0 Å². The van der Waals surface area contributed by atoms with E-state index in [0.717, 1.165) is 21.1 Å². The lowest BCUT2D eigenvalue weighted by Crippen LogP contribution is -1.82. The lowest BCUT2D eigenvalue weighted by molar-refractivity contribution is 1.18. The molecule has 74 valence electrons. The monoisotopic (exact) mass is 215 g/mol. The molecule has 15 heavy (non-hydrogen) atoms. The second-order valence-electron chi connectivity index (χ2n) is 3.12. The largest absolute Gasteiger partial charge is 0.236 e. The van der Waals surface area contributed by atoms with Crippen LogP contribution in [-0.4, -0.2) is 9.97 Å². The molecule has 2 aromatic rings. The van der Waals surface area contributed by atoms with Gasteiger partial charge >= 0.3 is 0 Å². The Kier molecular flexibility index (Phi) is 2.75. The van der Waals surface area contributed by atoms with Crippen molar-refractivity contribution >= 4 is 11.3 Å². The van der Waals surface area contributed by atoms with Crippen LogP contribution < -0.4 is 0 Å². The molecule has 0 radical (unpaired) electrons. The molecule has 0 saturated carbocycles. The Morgan fingerprint density at radius 2 is 2.13 bits per heavy atom. The highest BCUT2D eigenvalue weighted by molar-refractivity contribution is 7.15. The number of rotatable bonds is 2. The van der Waals surface area contributed by atoms with E-state index in [2.05, 4.69) is 16.0 Å². The molecule has 2 rings (SSSR count). The Balaban J connectivity index is 2.40. The molecule has 0 aliphatic heterocycles. The molecule has 4 heteroatoms. The average molecular weight is 215 g/mol. The molecule has 0 bridgehead atoms. The van der Waals surface area contributed by atoms with Crippen LogP contribution in [0.25, 0.3) is 10.7 Å². The maximum atomic E-state index is 8.65. The van der Waals surface area contributed by atoms with Gasteiger partial charge in [-0.05, 0) is 24.6 Å². The first-order valence-electron chi connectivity index (χ1n) is 4.55. The highest BCUT2D eigenvalue weighted by Crippen LogP contribution is 2.28. The summed E-state index contributed by atoms with van der Waals surface area (Å²) in [6, 6.07) is 5.99. The third-order valence-corrected chi connectivity index (χ3v) is 3.28. The molecule has 0 saturated heterocycles. The molecule has 0 amide bonds. The molecule has 0 atom stereocenters. The molecule has 0 aliphatic carbocycles. The van der Waals surface area contributed by atoms with Crippen molar-refractivity contribution in [2.75, 3.05) is 0 Å². The van der Waals surface area contributed by atoms with Crippen LogP contribution in [0.15, 0.2) is 24.5 Å². The van der Waals surface area contributed by atoms with Crippen molar-refractivity contribution in [2.45, 2.75) is 13.3 Å². The SMILES string of the molecule is Cc1cc(-c2ncccn2)sc1CC#N. The van der Waals surface area contributed by atoms with E-state index in [-0.39, 0.29) is 0 Å². The molecule has 2 aromatic heterocycles. The van der Waals surface area contributed by atoms with Gasteiger partial charge in [0.15, 0.2) is 5.82 Å². The fourth-order valence-corrected chi connectivity index (χ4v) is 2.36. The predicted octanol–water partition coefficient (Wildman–Crippen LogP) is 2.58. The zero-order valence-electron chi connectivity index (χ0n) is 8.27. The van der Waals surface area contributed by atoms with Crippen molar-refractivity contribution < 1.29 is 0 Å². The van der Waals surface area contributed by atoms with Crippen LogP contribution in [0, 0.1) is 18.3 Å². The van der Waals surface area contributed by atoms with E-state index in [1.54, 1.807) is 29.8 Å². The van der Waals surface area contributed by atoms with E-state index in [4.69, 9.17) is 5.26 Å². The van der Waals surface area contributed by atoms with Crippen LogP contribution in [0.3, 0.4) is 0 Å². The van der Waals surface area contributed by atoms with E-state index in [9.17, 15) is 0 Å². The first-order valence-corrected chi connectivity index (χ1v) is 5.36. The summed E-state index contributed by atoms with van der Waals surface area (Å²) in [7, 11) is 0. The van der Waals surface area contributed by atoms with Gasteiger partial charge in [0.25, 0.3) is 0 Å². The fourth-order valence-electron chi connectivity index (χ4n) is 1.30. The summed E-state index contributed by atoms with van der Waals surface area (Å²) in [5.41, 5.74) is 1.14.